The Kier molecular flexibility index (Phi) is 6.05. The minimum absolute atomic E-state index is 0. The zero-order valence-corrected chi connectivity index (χ0v) is 16.1. The van der Waals surface area contributed by atoms with E-state index in [-0.39, 0.29) is 24.0 Å². The third-order valence-corrected chi connectivity index (χ3v) is 5.07. The molecule has 2 aliphatic rings. The van der Waals surface area contributed by atoms with Crippen LogP contribution in [0.3, 0.4) is 0 Å². The normalized spacial score (nSPS) is 24.9. The highest BCUT2D eigenvalue weighted by Gasteiger charge is 2.35. The molecule has 2 fully saturated rings. The molecule has 1 saturated heterocycles. The molecule has 2 heterocycles. The molecule has 124 valence electrons. The van der Waals surface area contributed by atoms with E-state index in [1.165, 1.54) is 25.7 Å². The highest BCUT2D eigenvalue weighted by atomic mass is 127. The van der Waals surface area contributed by atoms with Gasteiger partial charge in [-0.1, -0.05) is 12.8 Å². The number of aromatic nitrogens is 3. The number of likely N-dealkylation sites (tertiary alicyclic amines) is 1. The molecule has 1 aromatic rings. The summed E-state index contributed by atoms with van der Waals surface area (Å²) < 4.78 is 2.02. The zero-order chi connectivity index (χ0) is 14.8. The second kappa shape index (κ2) is 7.61. The Hall–Kier alpha value is -0.860. The van der Waals surface area contributed by atoms with Crippen LogP contribution in [0.5, 0.6) is 0 Å². The summed E-state index contributed by atoms with van der Waals surface area (Å²) in [6.07, 6.45) is 5.58. The molecule has 0 aromatic carbocycles. The maximum atomic E-state index is 4.45. The average Bonchev–Trinajstić information content (AvgIpc) is 3.05. The van der Waals surface area contributed by atoms with Gasteiger partial charge in [-0.25, -0.2) is 0 Å². The van der Waals surface area contributed by atoms with Gasteiger partial charge in [0.15, 0.2) is 11.8 Å². The predicted octanol–water partition coefficient (Wildman–Crippen LogP) is 1.94. The smallest absolute Gasteiger partial charge is 0.194 e. The minimum Gasteiger partial charge on any atom is -0.349 e. The first kappa shape index (κ1) is 17.5. The molecule has 0 bridgehead atoms. The Bertz CT molecular complexity index is 512. The molecule has 2 unspecified atom stereocenters. The van der Waals surface area contributed by atoms with Gasteiger partial charge in [-0.2, -0.15) is 0 Å². The number of aryl methyl sites for hydroxylation is 1. The number of nitrogens with one attached hydrogen (secondary N) is 1. The monoisotopic (exact) mass is 418 g/mol. The fourth-order valence-electron chi connectivity index (χ4n) is 3.67. The molecule has 0 radical (unpaired) electrons. The molecule has 1 aliphatic carbocycles. The van der Waals surface area contributed by atoms with E-state index in [1.54, 1.807) is 0 Å². The summed E-state index contributed by atoms with van der Waals surface area (Å²) in [6.45, 7) is 4.96. The first-order chi connectivity index (χ1) is 10.2. The molecule has 1 N–H and O–H groups in total. The van der Waals surface area contributed by atoms with Crippen molar-refractivity contribution in [1.82, 2.24) is 25.0 Å². The fraction of sp³-hybridized carbons (Fsp3) is 0.800. The number of hydrogen-bond acceptors (Lipinski definition) is 3. The van der Waals surface area contributed by atoms with E-state index >= 15 is 0 Å². The summed E-state index contributed by atoms with van der Waals surface area (Å²) in [4.78, 5) is 6.87. The molecule has 0 amide bonds. The summed E-state index contributed by atoms with van der Waals surface area (Å²) in [7, 11) is 3.87. The van der Waals surface area contributed by atoms with Crippen LogP contribution in [-0.2, 0) is 13.6 Å². The molecular formula is C15H27IN6. The van der Waals surface area contributed by atoms with Gasteiger partial charge in [-0.15, -0.1) is 34.2 Å². The predicted molar refractivity (Wildman–Crippen MR) is 98.4 cm³/mol. The van der Waals surface area contributed by atoms with Gasteiger partial charge < -0.3 is 14.8 Å². The van der Waals surface area contributed by atoms with Crippen molar-refractivity contribution >= 4 is 29.9 Å². The van der Waals surface area contributed by atoms with Crippen LogP contribution in [0.2, 0.25) is 0 Å². The summed E-state index contributed by atoms with van der Waals surface area (Å²) in [6, 6.07) is 0. The molecule has 2 atom stereocenters. The van der Waals surface area contributed by atoms with Gasteiger partial charge in [0.2, 0.25) is 0 Å². The first-order valence-electron chi connectivity index (χ1n) is 7.99. The minimum atomic E-state index is 0. The lowest BCUT2D eigenvalue weighted by molar-refractivity contribution is 0.299. The van der Waals surface area contributed by atoms with Crippen LogP contribution in [0, 0.1) is 18.8 Å². The highest BCUT2D eigenvalue weighted by Crippen LogP contribution is 2.35. The Morgan fingerprint density at radius 1 is 1.23 bits per heavy atom. The van der Waals surface area contributed by atoms with Gasteiger partial charge >= 0.3 is 0 Å². The molecule has 22 heavy (non-hydrogen) atoms. The highest BCUT2D eigenvalue weighted by molar-refractivity contribution is 14.0. The quantitative estimate of drug-likeness (QED) is 0.453. The van der Waals surface area contributed by atoms with E-state index in [9.17, 15) is 0 Å². The Morgan fingerprint density at radius 2 is 1.86 bits per heavy atom. The molecule has 1 aliphatic heterocycles. The molecule has 0 spiro atoms. The maximum absolute atomic E-state index is 4.45. The summed E-state index contributed by atoms with van der Waals surface area (Å²) in [5.41, 5.74) is 0. The number of guanidine groups is 1. The molecule has 6 nitrogen and oxygen atoms in total. The molecule has 7 heteroatoms. The SMILES string of the molecule is CN=C(NCc1nnc(C)n1C)N1CC2CCCCC2C1.I. The fourth-order valence-corrected chi connectivity index (χ4v) is 3.67. The molecule has 1 aromatic heterocycles. The van der Waals surface area contributed by atoms with Crippen LogP contribution >= 0.6 is 24.0 Å². The Balaban J connectivity index is 0.00000176. The number of hydrogen-bond donors (Lipinski definition) is 1. The van der Waals surface area contributed by atoms with Crippen molar-refractivity contribution in [2.24, 2.45) is 23.9 Å². The number of rotatable bonds is 2. The van der Waals surface area contributed by atoms with E-state index in [1.807, 2.05) is 25.6 Å². The average molecular weight is 418 g/mol. The second-order valence-corrected chi connectivity index (χ2v) is 6.33. The van der Waals surface area contributed by atoms with Gasteiger partial charge in [0.05, 0.1) is 6.54 Å². The third kappa shape index (κ3) is 3.55. The van der Waals surface area contributed by atoms with Crippen molar-refractivity contribution in [3.63, 3.8) is 0 Å². The number of aliphatic imine (C=N–C) groups is 1. The zero-order valence-electron chi connectivity index (χ0n) is 13.7. The largest absolute Gasteiger partial charge is 0.349 e. The third-order valence-electron chi connectivity index (χ3n) is 5.07. The lowest BCUT2D eigenvalue weighted by Gasteiger charge is -2.22. The lowest BCUT2D eigenvalue weighted by atomic mass is 9.82. The van der Waals surface area contributed by atoms with E-state index in [0.29, 0.717) is 6.54 Å². The van der Waals surface area contributed by atoms with Gasteiger partial charge in [0, 0.05) is 27.2 Å². The van der Waals surface area contributed by atoms with Crippen LogP contribution in [0.4, 0.5) is 0 Å². The van der Waals surface area contributed by atoms with Crippen molar-refractivity contribution < 1.29 is 0 Å². The first-order valence-corrected chi connectivity index (χ1v) is 7.99. The van der Waals surface area contributed by atoms with Gasteiger partial charge in [0.25, 0.3) is 0 Å². The molecular weight excluding hydrogens is 391 g/mol. The number of nitrogens with zero attached hydrogens (tertiary/aromatic N) is 5. The van der Waals surface area contributed by atoms with Crippen LogP contribution in [-0.4, -0.2) is 45.8 Å². The second-order valence-electron chi connectivity index (χ2n) is 6.33. The summed E-state index contributed by atoms with van der Waals surface area (Å²) >= 11 is 0. The van der Waals surface area contributed by atoms with Crippen molar-refractivity contribution in [2.75, 3.05) is 20.1 Å². The van der Waals surface area contributed by atoms with Crippen LogP contribution < -0.4 is 5.32 Å². The topological polar surface area (TPSA) is 58.3 Å². The number of fused-ring (bicyclic) bond motifs is 1. The summed E-state index contributed by atoms with van der Waals surface area (Å²) in [5.74, 6) is 4.63. The summed E-state index contributed by atoms with van der Waals surface area (Å²) in [5, 5.41) is 11.7. The number of halogens is 1. The molecule has 3 rings (SSSR count). The molecule has 1 saturated carbocycles. The van der Waals surface area contributed by atoms with Crippen LogP contribution in [0.15, 0.2) is 4.99 Å². The van der Waals surface area contributed by atoms with E-state index < -0.39 is 0 Å². The van der Waals surface area contributed by atoms with Crippen molar-refractivity contribution in [3.8, 4) is 0 Å². The van der Waals surface area contributed by atoms with E-state index in [0.717, 1.165) is 42.5 Å². The lowest BCUT2D eigenvalue weighted by Crippen LogP contribution is -2.40. The van der Waals surface area contributed by atoms with E-state index in [4.69, 9.17) is 0 Å². The van der Waals surface area contributed by atoms with Crippen molar-refractivity contribution in [2.45, 2.75) is 39.2 Å². The maximum Gasteiger partial charge on any atom is 0.194 e. The van der Waals surface area contributed by atoms with Crippen molar-refractivity contribution in [1.29, 1.82) is 0 Å². The Morgan fingerprint density at radius 3 is 2.36 bits per heavy atom. The van der Waals surface area contributed by atoms with E-state index in [2.05, 4.69) is 25.4 Å². The van der Waals surface area contributed by atoms with Gasteiger partial charge in [0.1, 0.15) is 5.82 Å². The van der Waals surface area contributed by atoms with Gasteiger partial charge in [-0.3, -0.25) is 4.99 Å². The van der Waals surface area contributed by atoms with Crippen molar-refractivity contribution in [3.05, 3.63) is 11.6 Å². The Labute approximate surface area is 149 Å². The standard InChI is InChI=1S/C15H26N6.HI/c1-11-18-19-14(20(11)3)8-17-15(16-2)21-9-12-6-4-5-7-13(12)10-21;/h12-13H,4-10H2,1-3H3,(H,16,17);1H. The van der Waals surface area contributed by atoms with Crippen LogP contribution in [0.1, 0.15) is 37.3 Å². The van der Waals surface area contributed by atoms with Crippen LogP contribution in [0.25, 0.3) is 0 Å². The van der Waals surface area contributed by atoms with Gasteiger partial charge in [-0.05, 0) is 31.6 Å².